The molecule has 1 unspecified atom stereocenters. The maximum Gasteiger partial charge on any atom is 0.457 e. The number of carbonyl (C=O) groups excluding carboxylic acids is 2. The molecule has 0 saturated heterocycles. The van der Waals surface area contributed by atoms with E-state index in [1.807, 2.05) is 5.32 Å². The summed E-state index contributed by atoms with van der Waals surface area (Å²) in [6.45, 7) is 0. The van der Waals surface area contributed by atoms with Gasteiger partial charge in [-0.3, -0.25) is 9.59 Å². The van der Waals surface area contributed by atoms with Crippen LogP contribution in [0.15, 0.2) is 63.5 Å². The highest BCUT2D eigenvalue weighted by atomic mass is 79.9. The van der Waals surface area contributed by atoms with Crippen molar-refractivity contribution in [2.24, 2.45) is 0 Å². The quantitative estimate of drug-likeness (QED) is 0.249. The molecule has 0 bridgehead atoms. The van der Waals surface area contributed by atoms with Crippen LogP contribution in [0.1, 0.15) is 26.3 Å². The Morgan fingerprint density at radius 1 is 0.683 bits per heavy atom. The van der Waals surface area contributed by atoms with Crippen molar-refractivity contribution in [2.75, 3.05) is 10.6 Å². The van der Waals surface area contributed by atoms with E-state index in [9.17, 15) is 53.5 Å². The zero-order valence-corrected chi connectivity index (χ0v) is 22.6. The van der Waals surface area contributed by atoms with Crippen LogP contribution >= 0.6 is 31.9 Å². The molecular weight excluding hydrogens is 717 g/mol. The Morgan fingerprint density at radius 3 is 1.71 bits per heavy atom. The van der Waals surface area contributed by atoms with Gasteiger partial charge >= 0.3 is 23.9 Å². The summed E-state index contributed by atoms with van der Waals surface area (Å²) in [4.78, 5) is 25.1. The molecule has 0 aromatic heterocycles. The van der Waals surface area contributed by atoms with Gasteiger partial charge in [0, 0.05) is 20.1 Å². The van der Waals surface area contributed by atoms with Crippen molar-refractivity contribution < 1.29 is 57.9 Å². The van der Waals surface area contributed by atoms with Gasteiger partial charge < -0.3 is 10.6 Å². The average molecular weight is 728 g/mol. The van der Waals surface area contributed by atoms with Crippen molar-refractivity contribution in [3.05, 3.63) is 91.9 Å². The number of alkyl halides is 9. The molecule has 1 atom stereocenters. The smallest absolute Gasteiger partial charge is 0.320 e. The van der Waals surface area contributed by atoms with Gasteiger partial charge in [-0.1, -0.05) is 6.07 Å². The first kappa shape index (κ1) is 32.3. The minimum Gasteiger partial charge on any atom is -0.320 e. The van der Waals surface area contributed by atoms with E-state index in [2.05, 4.69) is 37.2 Å². The molecule has 2 N–H and O–H groups in total. The third-order valence-electron chi connectivity index (χ3n) is 5.46. The molecule has 4 nitrogen and oxygen atoms in total. The van der Waals surface area contributed by atoms with Gasteiger partial charge in [-0.15, -0.1) is 0 Å². The molecule has 0 saturated carbocycles. The first-order valence-electron chi connectivity index (χ1n) is 10.6. The summed E-state index contributed by atoms with van der Waals surface area (Å²) in [5.41, 5.74) is -10.4. The Kier molecular flexibility index (Phi) is 8.85. The van der Waals surface area contributed by atoms with Crippen molar-refractivity contribution in [1.82, 2.24) is 0 Å². The highest BCUT2D eigenvalue weighted by molar-refractivity contribution is 9.11. The Balaban J connectivity index is 1.96. The van der Waals surface area contributed by atoms with E-state index in [1.54, 1.807) is 0 Å². The molecule has 2 amide bonds. The molecule has 41 heavy (non-hydrogen) atoms. The minimum absolute atomic E-state index is 0.0524. The molecule has 3 rings (SSSR count). The molecule has 220 valence electrons. The summed E-state index contributed by atoms with van der Waals surface area (Å²) < 4.78 is 148. The van der Waals surface area contributed by atoms with E-state index in [0.29, 0.717) is 0 Å². The largest absolute Gasteiger partial charge is 0.457 e. The first-order chi connectivity index (χ1) is 18.7. The topological polar surface area (TPSA) is 58.2 Å². The van der Waals surface area contributed by atoms with Gasteiger partial charge in [0.1, 0.15) is 5.82 Å². The number of halogens is 13. The Hall–Kier alpha value is -3.21. The molecule has 0 heterocycles. The Bertz CT molecular complexity index is 1470. The second-order valence-electron chi connectivity index (χ2n) is 8.13. The summed E-state index contributed by atoms with van der Waals surface area (Å²) in [6.07, 6.45) is -13.7. The first-order valence-corrected chi connectivity index (χ1v) is 12.2. The van der Waals surface area contributed by atoms with Crippen LogP contribution in [0.4, 0.5) is 59.7 Å². The van der Waals surface area contributed by atoms with Gasteiger partial charge in [0.05, 0.1) is 16.9 Å². The Labute approximate surface area is 239 Å². The standard InChI is InChI=1S/C24H11Br2F11N2O2/c25-14-8-11(21(29,23(32,33)34)22(30,31)24(35,36)37)9-15(26)18(14)39-20(41)13-2-1-3-16(17(13)28)38-19(40)10-4-6-12(27)7-5-10/h1-9H,(H,38,40)(H,39,41). The van der Waals surface area contributed by atoms with Crippen LogP contribution in [0.2, 0.25) is 0 Å². The normalized spacial score (nSPS) is 13.9. The van der Waals surface area contributed by atoms with Crippen LogP contribution in [0.3, 0.4) is 0 Å². The van der Waals surface area contributed by atoms with Crippen LogP contribution in [0, 0.1) is 11.6 Å². The number of hydrogen-bond donors (Lipinski definition) is 2. The lowest BCUT2D eigenvalue weighted by atomic mass is 9.87. The molecule has 0 aliphatic rings. The van der Waals surface area contributed by atoms with Crippen LogP contribution < -0.4 is 10.6 Å². The fourth-order valence-corrected chi connectivity index (χ4v) is 4.77. The minimum atomic E-state index is -6.95. The third kappa shape index (κ3) is 6.05. The van der Waals surface area contributed by atoms with E-state index >= 15 is 4.39 Å². The fraction of sp³-hybridized carbons (Fsp3) is 0.167. The van der Waals surface area contributed by atoms with E-state index in [0.717, 1.165) is 42.5 Å². The van der Waals surface area contributed by atoms with Crippen LogP contribution in [0.5, 0.6) is 0 Å². The molecule has 17 heteroatoms. The zero-order chi connectivity index (χ0) is 31.1. The monoisotopic (exact) mass is 726 g/mol. The van der Waals surface area contributed by atoms with Gasteiger partial charge in [-0.25, -0.2) is 13.2 Å². The zero-order valence-electron chi connectivity index (χ0n) is 19.4. The molecule has 3 aromatic carbocycles. The van der Waals surface area contributed by atoms with Crippen LogP contribution in [0.25, 0.3) is 0 Å². The lowest BCUT2D eigenvalue weighted by Crippen LogP contribution is -2.59. The number of benzene rings is 3. The molecular formula is C24H11Br2F11N2O2. The van der Waals surface area contributed by atoms with Crippen LogP contribution in [-0.4, -0.2) is 30.1 Å². The van der Waals surface area contributed by atoms with Gasteiger partial charge in [0.2, 0.25) is 0 Å². The fourth-order valence-electron chi connectivity index (χ4n) is 3.39. The number of hydrogen-bond acceptors (Lipinski definition) is 2. The van der Waals surface area contributed by atoms with Crippen molar-refractivity contribution in [1.29, 1.82) is 0 Å². The van der Waals surface area contributed by atoms with Gasteiger partial charge in [0.15, 0.2) is 5.82 Å². The lowest BCUT2D eigenvalue weighted by molar-refractivity contribution is -0.389. The summed E-state index contributed by atoms with van der Waals surface area (Å²) >= 11 is 5.18. The second-order valence-corrected chi connectivity index (χ2v) is 9.83. The third-order valence-corrected chi connectivity index (χ3v) is 6.71. The maximum absolute atomic E-state index is 15.0. The summed E-state index contributed by atoms with van der Waals surface area (Å²) in [6, 6.07) is 7.07. The molecule has 0 fully saturated rings. The maximum atomic E-state index is 15.0. The molecule has 0 aliphatic heterocycles. The van der Waals surface area contributed by atoms with E-state index < -0.39 is 78.8 Å². The predicted octanol–water partition coefficient (Wildman–Crippen LogP) is 8.92. The number of rotatable bonds is 6. The van der Waals surface area contributed by atoms with E-state index in [1.165, 1.54) is 0 Å². The van der Waals surface area contributed by atoms with Crippen molar-refractivity contribution in [3.8, 4) is 0 Å². The summed E-state index contributed by atoms with van der Waals surface area (Å²) in [5.74, 6) is -11.1. The van der Waals surface area contributed by atoms with Crippen molar-refractivity contribution in [3.63, 3.8) is 0 Å². The molecule has 3 aromatic rings. The van der Waals surface area contributed by atoms with Crippen molar-refractivity contribution in [2.45, 2.75) is 23.9 Å². The second kappa shape index (κ2) is 11.2. The lowest BCUT2D eigenvalue weighted by Gasteiger charge is -2.36. The summed E-state index contributed by atoms with van der Waals surface area (Å²) in [5, 5.41) is 4.15. The average Bonchev–Trinajstić information content (AvgIpc) is 2.85. The highest BCUT2D eigenvalue weighted by Crippen LogP contribution is 2.59. The van der Waals surface area contributed by atoms with Crippen molar-refractivity contribution >= 4 is 55.0 Å². The van der Waals surface area contributed by atoms with E-state index in [-0.39, 0.29) is 17.7 Å². The highest BCUT2D eigenvalue weighted by Gasteiger charge is 2.81. The van der Waals surface area contributed by atoms with E-state index in [4.69, 9.17) is 0 Å². The number of amides is 2. The summed E-state index contributed by atoms with van der Waals surface area (Å²) in [7, 11) is 0. The Morgan fingerprint density at radius 2 is 1.22 bits per heavy atom. The van der Waals surface area contributed by atoms with Gasteiger partial charge in [-0.2, -0.15) is 35.1 Å². The predicted molar refractivity (Wildman–Crippen MR) is 130 cm³/mol. The van der Waals surface area contributed by atoms with Gasteiger partial charge in [-0.05, 0) is 80.4 Å². The molecule has 0 radical (unpaired) electrons. The molecule has 0 aliphatic carbocycles. The SMILES string of the molecule is O=C(Nc1cccc(C(=O)Nc2c(Br)cc(C(F)(C(F)(F)F)C(F)(F)C(F)(F)F)cc2Br)c1F)c1ccc(F)cc1. The molecule has 0 spiro atoms. The van der Waals surface area contributed by atoms with Crippen LogP contribution in [-0.2, 0) is 5.67 Å². The number of nitrogens with one attached hydrogen (secondary N) is 2. The number of carbonyl (C=O) groups is 2. The number of anilines is 2. The van der Waals surface area contributed by atoms with Gasteiger partial charge in [0.25, 0.3) is 11.8 Å².